The molecule has 0 saturated carbocycles. The molecule has 0 rings (SSSR count). The largest absolute Gasteiger partial charge is 0.346 e. The molecule has 0 aliphatic carbocycles. The second-order valence-corrected chi connectivity index (χ2v) is 3.45. The highest BCUT2D eigenvalue weighted by Gasteiger charge is 2.16. The van der Waals surface area contributed by atoms with Gasteiger partial charge in [-0.15, -0.1) is 0 Å². The summed E-state index contributed by atoms with van der Waals surface area (Å²) in [5.74, 6) is 0. The molecule has 0 heterocycles. The zero-order chi connectivity index (χ0) is 7.33. The zero-order valence-electron chi connectivity index (χ0n) is 5.07. The molecule has 3 N–H and O–H groups in total. The first kappa shape index (κ1) is 9.07. The van der Waals surface area contributed by atoms with E-state index in [-0.39, 0.29) is 6.16 Å². The summed E-state index contributed by atoms with van der Waals surface area (Å²) in [6, 6.07) is 0. The van der Waals surface area contributed by atoms with Crippen LogP contribution in [0.2, 0.25) is 0 Å². The van der Waals surface area contributed by atoms with Crippen molar-refractivity contribution in [1.29, 1.82) is 0 Å². The Hall–Kier alpha value is 0.0700. The van der Waals surface area contributed by atoms with E-state index >= 15 is 0 Å². The van der Waals surface area contributed by atoms with Gasteiger partial charge < -0.3 is 4.89 Å². The Balaban J connectivity index is 3.58. The summed E-state index contributed by atoms with van der Waals surface area (Å²) in [6.45, 7) is 1.74. The fraction of sp³-hybridized carbons (Fsp3) is 1.00. The Morgan fingerprint density at radius 2 is 2.33 bits per heavy atom. The van der Waals surface area contributed by atoms with Gasteiger partial charge in [-0.2, -0.15) is 4.62 Å². The summed E-state index contributed by atoms with van der Waals surface area (Å²) in [6.07, 6.45) is 0.579. The highest BCUT2D eigenvalue weighted by atomic mass is 31.2. The van der Waals surface area contributed by atoms with Crippen molar-refractivity contribution in [2.75, 3.05) is 6.16 Å². The summed E-state index contributed by atoms with van der Waals surface area (Å²) in [5.41, 5.74) is 1.18. The van der Waals surface area contributed by atoms with Crippen molar-refractivity contribution < 1.29 is 19.3 Å². The maximum absolute atomic E-state index is 10.5. The third-order valence-electron chi connectivity index (χ3n) is 0.690. The Morgan fingerprint density at radius 3 is 2.67 bits per heavy atom. The molecule has 0 aromatic rings. The average Bonchev–Trinajstić information content (AvgIpc) is 1.64. The molecule has 1 unspecified atom stereocenters. The molecule has 1 atom stereocenters. The van der Waals surface area contributed by atoms with Gasteiger partial charge in [-0.1, -0.05) is 12.6 Å². The Labute approximate surface area is 53.1 Å². The van der Waals surface area contributed by atoms with Gasteiger partial charge >= 0.3 is 7.60 Å². The normalized spacial score (nSPS) is 17.2. The minimum Gasteiger partial charge on any atom is -0.323 e. The molecule has 0 spiro atoms. The van der Waals surface area contributed by atoms with Gasteiger partial charge in [0.1, 0.15) is 0 Å². The number of rotatable bonds is 4. The summed E-state index contributed by atoms with van der Waals surface area (Å²) in [7, 11) is -3.55. The maximum Gasteiger partial charge on any atom is 0.346 e. The smallest absolute Gasteiger partial charge is 0.323 e. The third kappa shape index (κ3) is 4.57. The van der Waals surface area contributed by atoms with Crippen LogP contribution in [0.4, 0.5) is 0 Å². The lowest BCUT2D eigenvalue weighted by Crippen LogP contribution is -2.07. The lowest BCUT2D eigenvalue weighted by molar-refractivity contribution is -0.0502. The first-order valence-corrected chi connectivity index (χ1v) is 4.28. The fourth-order valence-electron chi connectivity index (χ4n) is 0.392. The number of hydrogen-bond acceptors (Lipinski definition) is 4. The van der Waals surface area contributed by atoms with Crippen LogP contribution in [0.15, 0.2) is 0 Å². The standard InChI is InChI=1S/C3H10NO4P/c1-2-3-9(6,7)8-4-5/h4-5H,2-3H2,1H3,(H,6,7). The molecular formula is C3H10NO4P. The quantitative estimate of drug-likeness (QED) is 0.406. The van der Waals surface area contributed by atoms with Crippen LogP contribution in [0.3, 0.4) is 0 Å². The number of hydrogen-bond donors (Lipinski definition) is 3. The average molecular weight is 155 g/mol. The van der Waals surface area contributed by atoms with Crippen molar-refractivity contribution in [3.8, 4) is 0 Å². The molecule has 5 nitrogen and oxygen atoms in total. The van der Waals surface area contributed by atoms with E-state index in [0.717, 1.165) is 0 Å². The molecule has 6 heteroatoms. The molecule has 0 saturated heterocycles. The van der Waals surface area contributed by atoms with Crippen LogP contribution in [0.5, 0.6) is 0 Å². The Kier molecular flexibility index (Phi) is 4.01. The first-order valence-electron chi connectivity index (χ1n) is 2.52. The van der Waals surface area contributed by atoms with Crippen LogP contribution in [0.1, 0.15) is 13.3 Å². The van der Waals surface area contributed by atoms with Gasteiger partial charge in [0, 0.05) is 0 Å². The predicted octanol–water partition coefficient (Wildman–Crippen LogP) is 0.492. The maximum atomic E-state index is 10.5. The predicted molar refractivity (Wildman–Crippen MR) is 31.0 cm³/mol. The van der Waals surface area contributed by atoms with E-state index in [2.05, 4.69) is 4.62 Å². The van der Waals surface area contributed by atoms with Crippen molar-refractivity contribution in [3.63, 3.8) is 0 Å². The van der Waals surface area contributed by atoms with Crippen molar-refractivity contribution in [2.45, 2.75) is 13.3 Å². The molecule has 0 aliphatic rings. The van der Waals surface area contributed by atoms with Crippen molar-refractivity contribution in [1.82, 2.24) is 5.64 Å². The minimum absolute atomic E-state index is 0.0422. The van der Waals surface area contributed by atoms with Gasteiger partial charge in [0.15, 0.2) is 0 Å². The molecule has 0 aromatic carbocycles. The van der Waals surface area contributed by atoms with Gasteiger partial charge in [0.05, 0.1) is 6.16 Å². The van der Waals surface area contributed by atoms with E-state index in [1.54, 1.807) is 6.92 Å². The molecule has 0 aromatic heterocycles. The molecule has 0 fully saturated rings. The topological polar surface area (TPSA) is 78.8 Å². The molecule has 0 amide bonds. The SMILES string of the molecule is CCCP(=O)(O)ONO. The highest BCUT2D eigenvalue weighted by molar-refractivity contribution is 7.52. The molecule has 0 aliphatic heterocycles. The van der Waals surface area contributed by atoms with E-state index in [9.17, 15) is 4.57 Å². The lowest BCUT2D eigenvalue weighted by Gasteiger charge is -2.06. The highest BCUT2D eigenvalue weighted by Crippen LogP contribution is 2.40. The molecule has 9 heavy (non-hydrogen) atoms. The number of nitrogens with one attached hydrogen (secondary N) is 1. The van der Waals surface area contributed by atoms with Crippen LogP contribution in [0.25, 0.3) is 0 Å². The monoisotopic (exact) mass is 155 g/mol. The fourth-order valence-corrected chi connectivity index (χ4v) is 1.18. The van der Waals surface area contributed by atoms with E-state index in [0.29, 0.717) is 6.42 Å². The van der Waals surface area contributed by atoms with E-state index in [1.165, 1.54) is 5.64 Å². The first-order chi connectivity index (χ1) is 4.12. The second kappa shape index (κ2) is 3.98. The van der Waals surface area contributed by atoms with Crippen molar-refractivity contribution >= 4 is 7.60 Å². The molecule has 0 radical (unpaired) electrons. The van der Waals surface area contributed by atoms with E-state index in [4.69, 9.17) is 10.1 Å². The van der Waals surface area contributed by atoms with Gasteiger partial charge in [-0.05, 0) is 6.42 Å². The third-order valence-corrected chi connectivity index (χ3v) is 2.07. The summed E-state index contributed by atoms with van der Waals surface area (Å²) in [5, 5.41) is 7.82. The molecular weight excluding hydrogens is 145 g/mol. The van der Waals surface area contributed by atoms with Crippen LogP contribution in [0, 0.1) is 0 Å². The second-order valence-electron chi connectivity index (χ2n) is 1.54. The van der Waals surface area contributed by atoms with Crippen LogP contribution >= 0.6 is 7.60 Å². The Morgan fingerprint density at radius 1 is 1.78 bits per heavy atom. The molecule has 56 valence electrons. The zero-order valence-corrected chi connectivity index (χ0v) is 5.97. The minimum atomic E-state index is -3.55. The summed E-state index contributed by atoms with van der Waals surface area (Å²) in [4.78, 5) is 8.63. The van der Waals surface area contributed by atoms with Gasteiger partial charge in [-0.25, -0.2) is 0 Å². The Bertz CT molecular complexity index is 106. The van der Waals surface area contributed by atoms with E-state index < -0.39 is 7.60 Å². The van der Waals surface area contributed by atoms with Crippen LogP contribution in [-0.4, -0.2) is 16.3 Å². The van der Waals surface area contributed by atoms with Gasteiger partial charge in [-0.3, -0.25) is 9.77 Å². The van der Waals surface area contributed by atoms with Crippen molar-refractivity contribution in [2.24, 2.45) is 0 Å². The van der Waals surface area contributed by atoms with Crippen LogP contribution < -0.4 is 5.64 Å². The molecule has 0 bridgehead atoms. The summed E-state index contributed by atoms with van der Waals surface area (Å²) < 4.78 is 14.4. The lowest BCUT2D eigenvalue weighted by atomic mass is 10.6. The van der Waals surface area contributed by atoms with Crippen LogP contribution in [-0.2, 0) is 9.19 Å². The summed E-state index contributed by atoms with van der Waals surface area (Å²) >= 11 is 0. The van der Waals surface area contributed by atoms with Gasteiger partial charge in [0.2, 0.25) is 0 Å². The van der Waals surface area contributed by atoms with Crippen molar-refractivity contribution in [3.05, 3.63) is 0 Å². The van der Waals surface area contributed by atoms with Gasteiger partial charge in [0.25, 0.3) is 0 Å². The van der Waals surface area contributed by atoms with E-state index in [1.807, 2.05) is 0 Å².